The van der Waals surface area contributed by atoms with Crippen molar-refractivity contribution in [2.24, 2.45) is 5.92 Å². The lowest BCUT2D eigenvalue weighted by Crippen LogP contribution is -2.36. The van der Waals surface area contributed by atoms with E-state index in [1.807, 2.05) is 13.8 Å². The topological polar surface area (TPSA) is 64.4 Å². The molecule has 84 valence electrons. The number of hydrogen-bond acceptors (Lipinski definition) is 5. The number of nitrogens with zero attached hydrogens (tertiary/aromatic N) is 1. The Labute approximate surface area is 88.8 Å². The molecule has 0 saturated carbocycles. The number of rotatable bonds is 5. The first kappa shape index (κ1) is 11.7. The fourth-order valence-electron chi connectivity index (χ4n) is 1.16. The van der Waals surface area contributed by atoms with Crippen molar-refractivity contribution >= 4 is 5.97 Å². The highest BCUT2D eigenvalue weighted by atomic mass is 16.5. The van der Waals surface area contributed by atoms with Gasteiger partial charge >= 0.3 is 5.97 Å². The van der Waals surface area contributed by atoms with E-state index >= 15 is 0 Å². The van der Waals surface area contributed by atoms with Gasteiger partial charge < -0.3 is 14.6 Å². The minimum atomic E-state index is -0.215. The SMILES string of the molecule is COC(=O)C(C)C(C)NCc1ccno1. The number of ether oxygens (including phenoxy) is 1. The van der Waals surface area contributed by atoms with Gasteiger partial charge in [-0.1, -0.05) is 12.1 Å². The van der Waals surface area contributed by atoms with E-state index in [-0.39, 0.29) is 17.9 Å². The Balaban J connectivity index is 2.35. The van der Waals surface area contributed by atoms with Crippen molar-refractivity contribution in [3.63, 3.8) is 0 Å². The molecular formula is C10H16N2O3. The molecule has 1 aromatic rings. The normalized spacial score (nSPS) is 14.6. The van der Waals surface area contributed by atoms with Gasteiger partial charge in [0.15, 0.2) is 0 Å². The van der Waals surface area contributed by atoms with Crippen molar-refractivity contribution < 1.29 is 14.1 Å². The summed E-state index contributed by atoms with van der Waals surface area (Å²) < 4.78 is 9.58. The molecule has 1 aromatic heterocycles. The third-order valence-corrected chi connectivity index (χ3v) is 2.41. The van der Waals surface area contributed by atoms with Crippen LogP contribution in [0.4, 0.5) is 0 Å². The standard InChI is InChI=1S/C10H16N2O3/c1-7(10(13)14-3)8(2)11-6-9-4-5-12-15-9/h4-5,7-8,11H,6H2,1-3H3. The van der Waals surface area contributed by atoms with Gasteiger partial charge in [0.2, 0.25) is 0 Å². The molecule has 0 aliphatic heterocycles. The van der Waals surface area contributed by atoms with E-state index < -0.39 is 0 Å². The van der Waals surface area contributed by atoms with Crippen molar-refractivity contribution in [2.45, 2.75) is 26.4 Å². The molecule has 1 rings (SSSR count). The molecule has 0 aliphatic rings. The molecular weight excluding hydrogens is 196 g/mol. The predicted molar refractivity (Wildman–Crippen MR) is 54.0 cm³/mol. The van der Waals surface area contributed by atoms with Crippen LogP contribution in [-0.2, 0) is 16.1 Å². The molecule has 0 aliphatic carbocycles. The maximum absolute atomic E-state index is 11.2. The molecule has 0 amide bonds. The van der Waals surface area contributed by atoms with Gasteiger partial charge in [0.1, 0.15) is 5.76 Å². The maximum Gasteiger partial charge on any atom is 0.309 e. The Bertz CT molecular complexity index is 298. The molecule has 0 fully saturated rings. The Morgan fingerprint density at radius 2 is 2.40 bits per heavy atom. The average Bonchev–Trinajstić information content (AvgIpc) is 2.76. The van der Waals surface area contributed by atoms with Crippen LogP contribution in [-0.4, -0.2) is 24.3 Å². The zero-order valence-corrected chi connectivity index (χ0v) is 9.19. The highest BCUT2D eigenvalue weighted by Gasteiger charge is 2.20. The zero-order chi connectivity index (χ0) is 11.3. The number of aromatic nitrogens is 1. The molecule has 5 heteroatoms. The van der Waals surface area contributed by atoms with Crippen molar-refractivity contribution in [1.29, 1.82) is 0 Å². The first-order valence-electron chi connectivity index (χ1n) is 4.86. The summed E-state index contributed by atoms with van der Waals surface area (Å²) in [4.78, 5) is 11.2. The smallest absolute Gasteiger partial charge is 0.309 e. The first-order chi connectivity index (χ1) is 7.15. The summed E-state index contributed by atoms with van der Waals surface area (Å²) in [5, 5.41) is 6.76. The third-order valence-electron chi connectivity index (χ3n) is 2.41. The molecule has 2 atom stereocenters. The second-order valence-electron chi connectivity index (χ2n) is 3.46. The summed E-state index contributed by atoms with van der Waals surface area (Å²) in [5.41, 5.74) is 0. The van der Waals surface area contributed by atoms with Crippen LogP contribution in [0.3, 0.4) is 0 Å². The number of hydrogen-bond donors (Lipinski definition) is 1. The van der Waals surface area contributed by atoms with Crippen molar-refractivity contribution in [2.75, 3.05) is 7.11 Å². The lowest BCUT2D eigenvalue weighted by molar-refractivity contribution is -0.145. The van der Waals surface area contributed by atoms with Crippen molar-refractivity contribution in [3.05, 3.63) is 18.0 Å². The van der Waals surface area contributed by atoms with Crippen LogP contribution >= 0.6 is 0 Å². The average molecular weight is 212 g/mol. The largest absolute Gasteiger partial charge is 0.469 e. The van der Waals surface area contributed by atoms with E-state index in [2.05, 4.69) is 15.2 Å². The summed E-state index contributed by atoms with van der Waals surface area (Å²) >= 11 is 0. The van der Waals surface area contributed by atoms with E-state index in [1.54, 1.807) is 12.3 Å². The molecule has 0 bridgehead atoms. The van der Waals surface area contributed by atoms with Crippen LogP contribution < -0.4 is 5.32 Å². The van der Waals surface area contributed by atoms with Crippen molar-refractivity contribution in [3.8, 4) is 0 Å². The Morgan fingerprint density at radius 1 is 1.67 bits per heavy atom. The van der Waals surface area contributed by atoms with E-state index in [9.17, 15) is 4.79 Å². The number of methoxy groups -OCH3 is 1. The minimum absolute atomic E-state index is 0.0301. The molecule has 1 heterocycles. The van der Waals surface area contributed by atoms with Crippen LogP contribution in [0.15, 0.2) is 16.8 Å². The molecule has 15 heavy (non-hydrogen) atoms. The quantitative estimate of drug-likeness (QED) is 0.736. The van der Waals surface area contributed by atoms with E-state index in [1.165, 1.54) is 7.11 Å². The molecule has 0 aromatic carbocycles. The summed E-state index contributed by atoms with van der Waals surface area (Å²) in [6.07, 6.45) is 1.59. The van der Waals surface area contributed by atoms with E-state index in [4.69, 9.17) is 4.52 Å². The molecule has 0 spiro atoms. The molecule has 0 saturated heterocycles. The first-order valence-corrected chi connectivity index (χ1v) is 4.86. The zero-order valence-electron chi connectivity index (χ0n) is 9.19. The van der Waals surface area contributed by atoms with Gasteiger partial charge in [0, 0.05) is 12.1 Å². The number of nitrogens with one attached hydrogen (secondary N) is 1. The van der Waals surface area contributed by atoms with Gasteiger partial charge in [-0.25, -0.2) is 0 Å². The van der Waals surface area contributed by atoms with Crippen molar-refractivity contribution in [1.82, 2.24) is 10.5 Å². The highest BCUT2D eigenvalue weighted by molar-refractivity contribution is 5.72. The Morgan fingerprint density at radius 3 is 2.93 bits per heavy atom. The second kappa shape index (κ2) is 5.50. The molecule has 5 nitrogen and oxygen atoms in total. The summed E-state index contributed by atoms with van der Waals surface area (Å²) in [7, 11) is 1.39. The maximum atomic E-state index is 11.2. The summed E-state index contributed by atoms with van der Waals surface area (Å²) in [6.45, 7) is 4.31. The summed E-state index contributed by atoms with van der Waals surface area (Å²) in [6, 6.07) is 1.81. The fraction of sp³-hybridized carbons (Fsp3) is 0.600. The van der Waals surface area contributed by atoms with Crippen LogP contribution in [0.1, 0.15) is 19.6 Å². The molecule has 1 N–H and O–H groups in total. The highest BCUT2D eigenvalue weighted by Crippen LogP contribution is 2.06. The van der Waals surface area contributed by atoms with Crippen LogP contribution in [0, 0.1) is 5.92 Å². The monoisotopic (exact) mass is 212 g/mol. The van der Waals surface area contributed by atoms with Gasteiger partial charge in [-0.05, 0) is 6.92 Å². The molecule has 0 radical (unpaired) electrons. The number of carbonyl (C=O) groups is 1. The van der Waals surface area contributed by atoms with Gasteiger partial charge in [0.25, 0.3) is 0 Å². The fourth-order valence-corrected chi connectivity index (χ4v) is 1.16. The second-order valence-corrected chi connectivity index (χ2v) is 3.46. The lowest BCUT2D eigenvalue weighted by Gasteiger charge is -2.18. The van der Waals surface area contributed by atoms with Gasteiger partial charge in [-0.15, -0.1) is 0 Å². The van der Waals surface area contributed by atoms with Gasteiger partial charge in [-0.2, -0.15) is 0 Å². The van der Waals surface area contributed by atoms with Crippen LogP contribution in [0.25, 0.3) is 0 Å². The summed E-state index contributed by atoms with van der Waals surface area (Å²) in [5.74, 6) is 0.351. The van der Waals surface area contributed by atoms with Gasteiger partial charge in [0.05, 0.1) is 25.8 Å². The Hall–Kier alpha value is -1.36. The van der Waals surface area contributed by atoms with E-state index in [0.717, 1.165) is 5.76 Å². The predicted octanol–water partition coefficient (Wildman–Crippen LogP) is 0.962. The third kappa shape index (κ3) is 3.36. The van der Waals surface area contributed by atoms with Crippen LogP contribution in [0.5, 0.6) is 0 Å². The Kier molecular flexibility index (Phi) is 4.30. The van der Waals surface area contributed by atoms with E-state index in [0.29, 0.717) is 6.54 Å². The minimum Gasteiger partial charge on any atom is -0.469 e. The molecule has 2 unspecified atom stereocenters. The number of esters is 1. The lowest BCUT2D eigenvalue weighted by atomic mass is 10.0. The van der Waals surface area contributed by atoms with Crippen LogP contribution in [0.2, 0.25) is 0 Å². The number of carbonyl (C=O) groups excluding carboxylic acids is 1. The van der Waals surface area contributed by atoms with Gasteiger partial charge in [-0.3, -0.25) is 4.79 Å².